The van der Waals surface area contributed by atoms with E-state index in [0.29, 0.717) is 40.7 Å². The molecule has 0 bridgehead atoms. The van der Waals surface area contributed by atoms with Crippen molar-refractivity contribution in [1.82, 2.24) is 4.90 Å². The molecule has 1 N–H and O–H groups in total. The van der Waals surface area contributed by atoms with Crippen LogP contribution in [0.5, 0.6) is 5.75 Å². The Kier molecular flexibility index (Phi) is 7.02. The number of amides is 2. The van der Waals surface area contributed by atoms with Gasteiger partial charge in [0.1, 0.15) is 5.75 Å². The summed E-state index contributed by atoms with van der Waals surface area (Å²) < 4.78 is 10.7. The zero-order chi connectivity index (χ0) is 23.5. The standard InChI is InChI=1S/C25H25ClN2O4S/c1-15-13-19(20(32-3)14-18(15)26)27-24(29)22-16-7-4-5-8-17(16)25(30)28(10-11-31-2)23(22)21-9-6-12-33-21/h4-9,12-14,22-23H,10-11H2,1-3H3,(H,27,29). The lowest BCUT2D eigenvalue weighted by Crippen LogP contribution is -2.47. The molecular formula is C25H25ClN2O4S. The van der Waals surface area contributed by atoms with E-state index >= 15 is 0 Å². The van der Waals surface area contributed by atoms with Gasteiger partial charge in [-0.1, -0.05) is 35.9 Å². The van der Waals surface area contributed by atoms with Crippen molar-refractivity contribution in [2.45, 2.75) is 18.9 Å². The van der Waals surface area contributed by atoms with Crippen molar-refractivity contribution < 1.29 is 19.1 Å². The van der Waals surface area contributed by atoms with Crippen LogP contribution in [0.4, 0.5) is 5.69 Å². The van der Waals surface area contributed by atoms with Crippen molar-refractivity contribution >= 4 is 40.4 Å². The van der Waals surface area contributed by atoms with Crippen LogP contribution in [0.15, 0.2) is 53.9 Å². The van der Waals surface area contributed by atoms with Gasteiger partial charge in [-0.3, -0.25) is 9.59 Å². The molecule has 2 amide bonds. The number of carbonyl (C=O) groups excluding carboxylic acids is 2. The molecule has 0 saturated heterocycles. The molecular weight excluding hydrogens is 460 g/mol. The number of thiophene rings is 1. The number of rotatable bonds is 7. The largest absolute Gasteiger partial charge is 0.495 e. The summed E-state index contributed by atoms with van der Waals surface area (Å²) in [6.07, 6.45) is 0. The molecule has 172 valence electrons. The first-order chi connectivity index (χ1) is 16.0. The SMILES string of the molecule is COCCN1C(=O)c2ccccc2C(C(=O)Nc2cc(C)c(Cl)cc2OC)C1c1cccs1. The van der Waals surface area contributed by atoms with E-state index < -0.39 is 12.0 Å². The van der Waals surface area contributed by atoms with Crippen LogP contribution in [0.3, 0.4) is 0 Å². The van der Waals surface area contributed by atoms with Crippen molar-refractivity contribution in [3.8, 4) is 5.75 Å². The number of methoxy groups -OCH3 is 2. The van der Waals surface area contributed by atoms with E-state index in [4.69, 9.17) is 21.1 Å². The molecule has 8 heteroatoms. The van der Waals surface area contributed by atoms with Gasteiger partial charge < -0.3 is 19.7 Å². The lowest BCUT2D eigenvalue weighted by Gasteiger charge is -2.41. The Bertz CT molecular complexity index is 1170. The minimum Gasteiger partial charge on any atom is -0.495 e. The van der Waals surface area contributed by atoms with Crippen molar-refractivity contribution in [2.75, 3.05) is 32.7 Å². The van der Waals surface area contributed by atoms with Crippen molar-refractivity contribution in [3.05, 3.63) is 80.5 Å². The monoisotopic (exact) mass is 484 g/mol. The van der Waals surface area contributed by atoms with Crippen LogP contribution in [0.2, 0.25) is 5.02 Å². The van der Waals surface area contributed by atoms with Crippen molar-refractivity contribution in [2.24, 2.45) is 0 Å². The Hall–Kier alpha value is -2.87. The molecule has 33 heavy (non-hydrogen) atoms. The van der Waals surface area contributed by atoms with Gasteiger partial charge in [0, 0.05) is 35.2 Å². The minimum absolute atomic E-state index is 0.106. The van der Waals surface area contributed by atoms with E-state index in [0.717, 1.165) is 10.4 Å². The molecule has 2 aromatic carbocycles. The highest BCUT2D eigenvalue weighted by Crippen LogP contribution is 2.45. The molecule has 0 radical (unpaired) electrons. The quantitative estimate of drug-likeness (QED) is 0.495. The molecule has 0 fully saturated rings. The summed E-state index contributed by atoms with van der Waals surface area (Å²) in [7, 11) is 3.13. The maximum absolute atomic E-state index is 13.9. The van der Waals surface area contributed by atoms with E-state index in [1.165, 1.54) is 18.4 Å². The summed E-state index contributed by atoms with van der Waals surface area (Å²) in [5.74, 6) is -0.473. The molecule has 2 unspecified atom stereocenters. The second-order valence-electron chi connectivity index (χ2n) is 7.81. The van der Waals surface area contributed by atoms with Crippen LogP contribution in [0.25, 0.3) is 0 Å². The summed E-state index contributed by atoms with van der Waals surface area (Å²) >= 11 is 7.77. The number of hydrogen-bond donors (Lipinski definition) is 1. The number of benzene rings is 2. The first-order valence-electron chi connectivity index (χ1n) is 10.5. The number of nitrogens with zero attached hydrogens (tertiary/aromatic N) is 1. The number of fused-ring (bicyclic) bond motifs is 1. The average Bonchev–Trinajstić information content (AvgIpc) is 3.35. The van der Waals surface area contributed by atoms with Crippen LogP contribution in [0.1, 0.15) is 38.3 Å². The number of nitrogens with one attached hydrogen (secondary N) is 1. The highest BCUT2D eigenvalue weighted by atomic mass is 35.5. The van der Waals surface area contributed by atoms with Gasteiger partial charge in [-0.15, -0.1) is 11.3 Å². The van der Waals surface area contributed by atoms with E-state index in [9.17, 15) is 9.59 Å². The molecule has 1 aromatic heterocycles. The zero-order valence-electron chi connectivity index (χ0n) is 18.6. The number of halogens is 1. The number of ether oxygens (including phenoxy) is 2. The fourth-order valence-electron chi connectivity index (χ4n) is 4.23. The number of anilines is 1. The van der Waals surface area contributed by atoms with Crippen molar-refractivity contribution in [1.29, 1.82) is 0 Å². The number of carbonyl (C=O) groups is 2. The van der Waals surface area contributed by atoms with Crippen LogP contribution in [0, 0.1) is 6.92 Å². The maximum Gasteiger partial charge on any atom is 0.254 e. The number of aryl methyl sites for hydroxylation is 1. The summed E-state index contributed by atoms with van der Waals surface area (Å²) in [6, 6.07) is 14.2. The highest BCUT2D eigenvalue weighted by Gasteiger charge is 2.44. The Labute approximate surface area is 202 Å². The molecule has 2 atom stereocenters. The summed E-state index contributed by atoms with van der Waals surface area (Å²) in [5.41, 5.74) is 2.59. The molecule has 1 aliphatic rings. The van der Waals surface area contributed by atoms with Gasteiger partial charge in [-0.2, -0.15) is 0 Å². The Morgan fingerprint density at radius 2 is 1.97 bits per heavy atom. The van der Waals surface area contributed by atoms with Gasteiger partial charge in [0.2, 0.25) is 5.91 Å². The predicted molar refractivity (Wildman–Crippen MR) is 131 cm³/mol. The summed E-state index contributed by atoms with van der Waals surface area (Å²) in [4.78, 5) is 30.0. The Balaban J connectivity index is 1.81. The highest BCUT2D eigenvalue weighted by molar-refractivity contribution is 7.10. The second kappa shape index (κ2) is 9.95. The predicted octanol–water partition coefficient (Wildman–Crippen LogP) is 5.28. The van der Waals surface area contributed by atoms with Gasteiger partial charge in [0.25, 0.3) is 5.91 Å². The number of hydrogen-bond acceptors (Lipinski definition) is 5. The van der Waals surface area contributed by atoms with Crippen LogP contribution < -0.4 is 10.1 Å². The fourth-order valence-corrected chi connectivity index (χ4v) is 5.25. The Morgan fingerprint density at radius 1 is 1.18 bits per heavy atom. The normalized spacial score (nSPS) is 17.6. The molecule has 4 rings (SSSR count). The van der Waals surface area contributed by atoms with Crippen LogP contribution >= 0.6 is 22.9 Å². The third-order valence-corrected chi connectivity index (χ3v) is 7.18. The molecule has 2 heterocycles. The van der Waals surface area contributed by atoms with E-state index in [-0.39, 0.29) is 11.8 Å². The molecule has 0 spiro atoms. The Morgan fingerprint density at radius 3 is 2.67 bits per heavy atom. The van der Waals surface area contributed by atoms with Crippen molar-refractivity contribution in [3.63, 3.8) is 0 Å². The maximum atomic E-state index is 13.9. The van der Waals surface area contributed by atoms with Gasteiger partial charge in [-0.05, 0) is 41.6 Å². The van der Waals surface area contributed by atoms with Crippen LogP contribution in [-0.4, -0.2) is 44.1 Å². The topological polar surface area (TPSA) is 67.9 Å². The lowest BCUT2D eigenvalue weighted by atomic mass is 9.81. The first kappa shape index (κ1) is 23.3. The second-order valence-corrected chi connectivity index (χ2v) is 9.19. The third-order valence-electron chi connectivity index (χ3n) is 5.83. The fraction of sp³-hybridized carbons (Fsp3) is 0.280. The molecule has 1 aliphatic heterocycles. The van der Waals surface area contributed by atoms with Gasteiger partial charge in [0.15, 0.2) is 0 Å². The summed E-state index contributed by atoms with van der Waals surface area (Å²) in [6.45, 7) is 2.61. The third kappa shape index (κ3) is 4.49. The van der Waals surface area contributed by atoms with Gasteiger partial charge in [0.05, 0.1) is 31.4 Å². The lowest BCUT2D eigenvalue weighted by molar-refractivity contribution is -0.119. The molecule has 3 aromatic rings. The average molecular weight is 485 g/mol. The minimum atomic E-state index is -0.616. The van der Waals surface area contributed by atoms with E-state index in [1.54, 1.807) is 30.2 Å². The first-order valence-corrected chi connectivity index (χ1v) is 11.8. The van der Waals surface area contributed by atoms with E-state index in [1.807, 2.05) is 42.6 Å². The molecule has 0 aliphatic carbocycles. The van der Waals surface area contributed by atoms with Gasteiger partial charge >= 0.3 is 0 Å². The zero-order valence-corrected chi connectivity index (χ0v) is 20.2. The smallest absolute Gasteiger partial charge is 0.254 e. The van der Waals surface area contributed by atoms with Gasteiger partial charge in [-0.25, -0.2) is 0 Å². The molecule has 6 nitrogen and oxygen atoms in total. The molecule has 0 saturated carbocycles. The van der Waals surface area contributed by atoms with Crippen LogP contribution in [-0.2, 0) is 9.53 Å². The summed E-state index contributed by atoms with van der Waals surface area (Å²) in [5, 5.41) is 5.55. The van der Waals surface area contributed by atoms with E-state index in [2.05, 4.69) is 5.32 Å².